The summed E-state index contributed by atoms with van der Waals surface area (Å²) in [4.78, 5) is 18.0. The van der Waals surface area contributed by atoms with Gasteiger partial charge in [-0.3, -0.25) is 14.4 Å². The zero-order valence-electron chi connectivity index (χ0n) is 18.1. The smallest absolute Gasteiger partial charge is 0.243 e. The van der Waals surface area contributed by atoms with Gasteiger partial charge in [-0.2, -0.15) is 5.10 Å². The molecule has 2 aromatic carbocycles. The number of carbonyl (C=O) groups is 1. The van der Waals surface area contributed by atoms with Crippen molar-refractivity contribution in [1.29, 1.82) is 0 Å². The molecule has 156 valence electrons. The van der Waals surface area contributed by atoms with Crippen LogP contribution in [0.4, 0.5) is 0 Å². The fourth-order valence-electron chi connectivity index (χ4n) is 4.59. The number of nitrogens with zero attached hydrogens (tertiary/aromatic N) is 4. The summed E-state index contributed by atoms with van der Waals surface area (Å²) in [5.74, 6) is 0.179. The molecule has 0 saturated carbocycles. The monoisotopic (exact) mass is 402 g/mol. The molecule has 0 fully saturated rings. The van der Waals surface area contributed by atoms with Crippen molar-refractivity contribution in [3.05, 3.63) is 89.2 Å². The molecule has 1 aliphatic rings. The van der Waals surface area contributed by atoms with E-state index in [1.165, 1.54) is 16.7 Å². The molecule has 1 amide bonds. The number of rotatable bonds is 7. The summed E-state index contributed by atoms with van der Waals surface area (Å²) < 4.78 is 1.78. The highest BCUT2D eigenvalue weighted by Gasteiger charge is 2.48. The normalized spacial score (nSPS) is 14.7. The number of hydrogen-bond acceptors (Lipinski definition) is 3. The lowest BCUT2D eigenvalue weighted by molar-refractivity contribution is -0.142. The van der Waals surface area contributed by atoms with Gasteiger partial charge in [-0.25, -0.2) is 0 Å². The Morgan fingerprint density at radius 2 is 1.63 bits per heavy atom. The van der Waals surface area contributed by atoms with Gasteiger partial charge in [-0.05, 0) is 30.2 Å². The third-order valence-corrected chi connectivity index (χ3v) is 6.32. The van der Waals surface area contributed by atoms with E-state index in [0.29, 0.717) is 6.54 Å². The van der Waals surface area contributed by atoms with Crippen molar-refractivity contribution in [2.45, 2.75) is 31.3 Å². The fraction of sp³-hybridized carbons (Fsp3) is 0.360. The third kappa shape index (κ3) is 4.03. The second-order valence-corrected chi connectivity index (χ2v) is 8.49. The first-order valence-corrected chi connectivity index (χ1v) is 10.5. The molecule has 0 unspecified atom stereocenters. The first-order valence-electron chi connectivity index (χ1n) is 10.5. The van der Waals surface area contributed by atoms with E-state index in [9.17, 15) is 4.79 Å². The molecule has 0 bridgehead atoms. The molecule has 0 atom stereocenters. The van der Waals surface area contributed by atoms with Gasteiger partial charge in [0.15, 0.2) is 0 Å². The average molecular weight is 403 g/mol. The van der Waals surface area contributed by atoms with Crippen LogP contribution in [0.5, 0.6) is 0 Å². The molecule has 5 nitrogen and oxygen atoms in total. The predicted molar refractivity (Wildman–Crippen MR) is 119 cm³/mol. The third-order valence-electron chi connectivity index (χ3n) is 6.32. The number of likely N-dealkylation sites (N-methyl/N-ethyl adjacent to an activating group) is 2. The molecule has 0 radical (unpaired) electrons. The standard InChI is InChI=1S/C25H30N4O/c1-27(18-21-17-26-29(3)19-21)24(30)25(15-22-11-7-8-12-23(22)16-25)28(2)14-13-20-9-5-4-6-10-20/h4-12,17,19H,13-16,18H2,1-3H3. The van der Waals surface area contributed by atoms with Crippen LogP contribution in [0.25, 0.3) is 0 Å². The molecule has 0 N–H and O–H groups in total. The molecule has 4 rings (SSSR count). The highest BCUT2D eigenvalue weighted by molar-refractivity contribution is 5.88. The Balaban J connectivity index is 1.56. The summed E-state index contributed by atoms with van der Waals surface area (Å²) in [6, 6.07) is 19.0. The van der Waals surface area contributed by atoms with Gasteiger partial charge in [0.2, 0.25) is 5.91 Å². The summed E-state index contributed by atoms with van der Waals surface area (Å²) >= 11 is 0. The maximum atomic E-state index is 13.9. The van der Waals surface area contributed by atoms with Crippen LogP contribution in [0.2, 0.25) is 0 Å². The molecular weight excluding hydrogens is 372 g/mol. The lowest BCUT2D eigenvalue weighted by Crippen LogP contribution is -2.59. The summed E-state index contributed by atoms with van der Waals surface area (Å²) in [7, 11) is 5.91. The quantitative estimate of drug-likeness (QED) is 0.610. The molecular formula is C25H30N4O. The van der Waals surface area contributed by atoms with Crippen molar-refractivity contribution in [3.63, 3.8) is 0 Å². The van der Waals surface area contributed by atoms with E-state index >= 15 is 0 Å². The van der Waals surface area contributed by atoms with Gasteiger partial charge in [0.25, 0.3) is 0 Å². The molecule has 1 heterocycles. The summed E-state index contributed by atoms with van der Waals surface area (Å²) in [6.45, 7) is 1.40. The van der Waals surface area contributed by atoms with Crippen LogP contribution in [0.15, 0.2) is 67.0 Å². The van der Waals surface area contributed by atoms with Crippen LogP contribution < -0.4 is 0 Å². The van der Waals surface area contributed by atoms with E-state index in [4.69, 9.17) is 0 Å². The van der Waals surface area contributed by atoms with Crippen LogP contribution in [0.1, 0.15) is 22.3 Å². The van der Waals surface area contributed by atoms with Gasteiger partial charge in [0.05, 0.1) is 6.20 Å². The van der Waals surface area contributed by atoms with Crippen LogP contribution in [0, 0.1) is 0 Å². The number of fused-ring (bicyclic) bond motifs is 1. The van der Waals surface area contributed by atoms with Gasteiger partial charge in [0, 0.05) is 51.8 Å². The number of amides is 1. The van der Waals surface area contributed by atoms with Crippen molar-refractivity contribution in [2.24, 2.45) is 7.05 Å². The van der Waals surface area contributed by atoms with Crippen LogP contribution in [0.3, 0.4) is 0 Å². The number of aryl methyl sites for hydroxylation is 1. The molecule has 1 aromatic heterocycles. The Hall–Kier alpha value is -2.92. The van der Waals surface area contributed by atoms with Crippen LogP contribution in [-0.4, -0.2) is 51.7 Å². The maximum absolute atomic E-state index is 13.9. The molecule has 1 aliphatic carbocycles. The van der Waals surface area contributed by atoms with Gasteiger partial charge >= 0.3 is 0 Å². The summed E-state index contributed by atoms with van der Waals surface area (Å²) in [5.41, 5.74) is 4.37. The number of aromatic nitrogens is 2. The molecule has 0 saturated heterocycles. The summed E-state index contributed by atoms with van der Waals surface area (Å²) in [6.07, 6.45) is 6.24. The summed E-state index contributed by atoms with van der Waals surface area (Å²) in [5, 5.41) is 4.24. The van der Waals surface area contributed by atoms with Crippen molar-refractivity contribution in [1.82, 2.24) is 19.6 Å². The highest BCUT2D eigenvalue weighted by atomic mass is 16.2. The molecule has 5 heteroatoms. The van der Waals surface area contributed by atoms with Gasteiger partial charge < -0.3 is 4.90 Å². The fourth-order valence-corrected chi connectivity index (χ4v) is 4.59. The minimum atomic E-state index is -0.546. The lowest BCUT2D eigenvalue weighted by atomic mass is 9.91. The first kappa shape index (κ1) is 20.4. The van der Waals surface area contributed by atoms with E-state index in [1.54, 1.807) is 4.68 Å². The van der Waals surface area contributed by atoms with Crippen molar-refractivity contribution in [3.8, 4) is 0 Å². The number of carbonyl (C=O) groups excluding carboxylic acids is 1. The lowest BCUT2D eigenvalue weighted by Gasteiger charge is -2.40. The zero-order chi connectivity index (χ0) is 21.1. The van der Waals surface area contributed by atoms with Crippen molar-refractivity contribution >= 4 is 5.91 Å². The van der Waals surface area contributed by atoms with E-state index in [2.05, 4.69) is 65.6 Å². The molecule has 3 aromatic rings. The van der Waals surface area contributed by atoms with E-state index < -0.39 is 5.54 Å². The van der Waals surface area contributed by atoms with E-state index in [0.717, 1.165) is 31.4 Å². The van der Waals surface area contributed by atoms with Gasteiger partial charge in [0.1, 0.15) is 5.54 Å². The second kappa shape index (κ2) is 8.44. The second-order valence-electron chi connectivity index (χ2n) is 8.49. The minimum Gasteiger partial charge on any atom is -0.340 e. The maximum Gasteiger partial charge on any atom is 0.243 e. The average Bonchev–Trinajstić information content (AvgIpc) is 3.36. The number of hydrogen-bond donors (Lipinski definition) is 0. The van der Waals surface area contributed by atoms with Crippen molar-refractivity contribution in [2.75, 3.05) is 20.6 Å². The van der Waals surface area contributed by atoms with Gasteiger partial charge in [-0.1, -0.05) is 54.6 Å². The van der Waals surface area contributed by atoms with Crippen molar-refractivity contribution < 1.29 is 4.79 Å². The van der Waals surface area contributed by atoms with E-state index in [1.807, 2.05) is 37.5 Å². The Labute approximate surface area is 178 Å². The topological polar surface area (TPSA) is 41.4 Å². The highest BCUT2D eigenvalue weighted by Crippen LogP contribution is 2.36. The molecule has 0 spiro atoms. The first-order chi connectivity index (χ1) is 14.5. The molecule has 30 heavy (non-hydrogen) atoms. The van der Waals surface area contributed by atoms with Crippen LogP contribution >= 0.6 is 0 Å². The Morgan fingerprint density at radius 1 is 1.00 bits per heavy atom. The largest absolute Gasteiger partial charge is 0.340 e. The van der Waals surface area contributed by atoms with Crippen LogP contribution in [-0.2, 0) is 37.6 Å². The Kier molecular flexibility index (Phi) is 5.73. The zero-order valence-corrected chi connectivity index (χ0v) is 18.1. The Bertz CT molecular complexity index is 986. The number of benzene rings is 2. The SMILES string of the molecule is CN(Cc1cnn(C)c1)C(=O)C1(N(C)CCc2ccccc2)Cc2ccccc2C1. The Morgan fingerprint density at radius 3 is 2.23 bits per heavy atom. The minimum absolute atomic E-state index is 0.179. The molecule has 0 aliphatic heterocycles. The predicted octanol–water partition coefficient (Wildman–Crippen LogP) is 3.09. The van der Waals surface area contributed by atoms with E-state index in [-0.39, 0.29) is 5.91 Å². The van der Waals surface area contributed by atoms with Gasteiger partial charge in [-0.15, -0.1) is 0 Å².